The van der Waals surface area contributed by atoms with Gasteiger partial charge in [-0.1, -0.05) is 50.1 Å². The molecule has 1 aromatic rings. The van der Waals surface area contributed by atoms with E-state index in [-0.39, 0.29) is 18.6 Å². The molecule has 0 aliphatic rings. The number of hydrogen-bond donors (Lipinski definition) is 3. The minimum atomic E-state index is -0.482. The van der Waals surface area contributed by atoms with Crippen LogP contribution in [0.2, 0.25) is 0 Å². The van der Waals surface area contributed by atoms with Crippen molar-refractivity contribution in [1.82, 2.24) is 5.32 Å². The number of carbonyl (C=O) groups is 1. The van der Waals surface area contributed by atoms with Crippen molar-refractivity contribution >= 4 is 5.91 Å². The zero-order chi connectivity index (χ0) is 14.1. The summed E-state index contributed by atoms with van der Waals surface area (Å²) in [6.45, 7) is 1.98. The van der Waals surface area contributed by atoms with Crippen LogP contribution in [0.4, 0.5) is 0 Å². The number of amides is 1. The van der Waals surface area contributed by atoms with E-state index in [4.69, 9.17) is 5.73 Å². The van der Waals surface area contributed by atoms with Gasteiger partial charge in [0.05, 0.1) is 18.7 Å². The summed E-state index contributed by atoms with van der Waals surface area (Å²) in [5, 5.41) is 12.1. The molecule has 2 atom stereocenters. The molecule has 1 unspecified atom stereocenters. The van der Waals surface area contributed by atoms with Gasteiger partial charge in [-0.2, -0.15) is 0 Å². The van der Waals surface area contributed by atoms with Crippen LogP contribution in [0.1, 0.15) is 31.7 Å². The van der Waals surface area contributed by atoms with Crippen LogP contribution in [0.5, 0.6) is 0 Å². The maximum atomic E-state index is 11.9. The van der Waals surface area contributed by atoms with Crippen molar-refractivity contribution in [3.05, 3.63) is 35.9 Å². The maximum Gasteiger partial charge on any atom is 0.237 e. The van der Waals surface area contributed by atoms with Crippen LogP contribution in [0.3, 0.4) is 0 Å². The van der Waals surface area contributed by atoms with Crippen molar-refractivity contribution in [2.45, 2.75) is 44.7 Å². The Labute approximate surface area is 115 Å². The van der Waals surface area contributed by atoms with Gasteiger partial charge in [0.15, 0.2) is 0 Å². The number of aliphatic hydroxyl groups is 1. The summed E-state index contributed by atoms with van der Waals surface area (Å²) in [5.74, 6) is -0.177. The first-order valence-electron chi connectivity index (χ1n) is 6.88. The van der Waals surface area contributed by atoms with E-state index >= 15 is 0 Å². The lowest BCUT2D eigenvalue weighted by Crippen LogP contribution is -2.47. The summed E-state index contributed by atoms with van der Waals surface area (Å²) >= 11 is 0. The van der Waals surface area contributed by atoms with Gasteiger partial charge >= 0.3 is 0 Å². The molecule has 0 saturated heterocycles. The number of nitrogens with two attached hydrogens (primary N) is 1. The SMILES string of the molecule is CCCC[C@H](N)C(=O)NC(CO)Cc1ccccc1. The molecule has 0 aliphatic heterocycles. The van der Waals surface area contributed by atoms with E-state index in [1.807, 2.05) is 30.3 Å². The van der Waals surface area contributed by atoms with Crippen molar-refractivity contribution in [1.29, 1.82) is 0 Å². The third kappa shape index (κ3) is 5.85. The van der Waals surface area contributed by atoms with Crippen molar-refractivity contribution in [2.24, 2.45) is 5.73 Å². The molecule has 1 rings (SSSR count). The Kier molecular flexibility index (Phi) is 7.15. The van der Waals surface area contributed by atoms with Gasteiger partial charge in [-0.05, 0) is 18.4 Å². The fourth-order valence-corrected chi connectivity index (χ4v) is 1.92. The second-order valence-corrected chi connectivity index (χ2v) is 4.83. The number of carbonyl (C=O) groups excluding carboxylic acids is 1. The molecule has 4 nitrogen and oxygen atoms in total. The zero-order valence-corrected chi connectivity index (χ0v) is 11.5. The Bertz CT molecular complexity index is 368. The van der Waals surface area contributed by atoms with Crippen LogP contribution < -0.4 is 11.1 Å². The highest BCUT2D eigenvalue weighted by atomic mass is 16.3. The molecule has 0 heterocycles. The summed E-state index contributed by atoms with van der Waals surface area (Å²) in [7, 11) is 0. The van der Waals surface area contributed by atoms with Gasteiger partial charge in [0, 0.05) is 0 Å². The van der Waals surface area contributed by atoms with Crippen molar-refractivity contribution in [3.8, 4) is 0 Å². The monoisotopic (exact) mass is 264 g/mol. The molecule has 106 valence electrons. The van der Waals surface area contributed by atoms with Gasteiger partial charge in [0.25, 0.3) is 0 Å². The number of unbranched alkanes of at least 4 members (excludes halogenated alkanes) is 1. The Balaban J connectivity index is 2.45. The van der Waals surface area contributed by atoms with E-state index < -0.39 is 6.04 Å². The second kappa shape index (κ2) is 8.67. The lowest BCUT2D eigenvalue weighted by Gasteiger charge is -2.19. The average molecular weight is 264 g/mol. The zero-order valence-electron chi connectivity index (χ0n) is 11.5. The topological polar surface area (TPSA) is 75.4 Å². The summed E-state index contributed by atoms with van der Waals surface area (Å²) in [6, 6.07) is 9.03. The molecular weight excluding hydrogens is 240 g/mol. The molecule has 1 aromatic carbocycles. The maximum absolute atomic E-state index is 11.9. The number of rotatable bonds is 8. The molecule has 0 fully saturated rings. The van der Waals surface area contributed by atoms with Crippen LogP contribution in [-0.4, -0.2) is 29.7 Å². The van der Waals surface area contributed by atoms with E-state index in [0.29, 0.717) is 12.8 Å². The fourth-order valence-electron chi connectivity index (χ4n) is 1.92. The van der Waals surface area contributed by atoms with Gasteiger partial charge in [-0.3, -0.25) is 4.79 Å². The highest BCUT2D eigenvalue weighted by Crippen LogP contribution is 2.04. The molecule has 1 amide bonds. The Morgan fingerprint density at radius 2 is 2.05 bits per heavy atom. The minimum absolute atomic E-state index is 0.0822. The van der Waals surface area contributed by atoms with Crippen LogP contribution in [0, 0.1) is 0 Å². The van der Waals surface area contributed by atoms with Crippen molar-refractivity contribution in [2.75, 3.05) is 6.61 Å². The molecule has 0 radical (unpaired) electrons. The highest BCUT2D eigenvalue weighted by Gasteiger charge is 2.17. The summed E-state index contributed by atoms with van der Waals surface area (Å²) < 4.78 is 0. The van der Waals surface area contributed by atoms with E-state index in [1.54, 1.807) is 0 Å². The number of aliphatic hydroxyl groups excluding tert-OH is 1. The average Bonchev–Trinajstić information content (AvgIpc) is 2.44. The molecule has 0 saturated carbocycles. The van der Waals surface area contributed by atoms with Gasteiger partial charge < -0.3 is 16.2 Å². The summed E-state index contributed by atoms with van der Waals surface area (Å²) in [4.78, 5) is 11.9. The third-order valence-corrected chi connectivity index (χ3v) is 3.10. The Morgan fingerprint density at radius 3 is 2.63 bits per heavy atom. The van der Waals surface area contributed by atoms with Gasteiger partial charge in [-0.15, -0.1) is 0 Å². The van der Waals surface area contributed by atoms with Gasteiger partial charge in [-0.25, -0.2) is 0 Å². The summed E-state index contributed by atoms with van der Waals surface area (Å²) in [6.07, 6.45) is 3.26. The lowest BCUT2D eigenvalue weighted by molar-refractivity contribution is -0.123. The normalized spacial score (nSPS) is 13.8. The molecule has 0 bridgehead atoms. The molecule has 0 aliphatic carbocycles. The minimum Gasteiger partial charge on any atom is -0.394 e. The van der Waals surface area contributed by atoms with E-state index in [1.165, 1.54) is 0 Å². The van der Waals surface area contributed by atoms with E-state index in [9.17, 15) is 9.90 Å². The van der Waals surface area contributed by atoms with Crippen molar-refractivity contribution in [3.63, 3.8) is 0 Å². The lowest BCUT2D eigenvalue weighted by atomic mass is 10.1. The Morgan fingerprint density at radius 1 is 1.37 bits per heavy atom. The third-order valence-electron chi connectivity index (χ3n) is 3.10. The molecule has 0 aromatic heterocycles. The van der Waals surface area contributed by atoms with E-state index in [2.05, 4.69) is 12.2 Å². The predicted molar refractivity (Wildman–Crippen MR) is 76.7 cm³/mol. The first-order chi connectivity index (χ1) is 9.17. The quantitative estimate of drug-likeness (QED) is 0.661. The second-order valence-electron chi connectivity index (χ2n) is 4.83. The molecule has 4 heteroatoms. The van der Waals surface area contributed by atoms with Crippen LogP contribution >= 0.6 is 0 Å². The first-order valence-corrected chi connectivity index (χ1v) is 6.88. The smallest absolute Gasteiger partial charge is 0.237 e. The largest absolute Gasteiger partial charge is 0.394 e. The predicted octanol–water partition coefficient (Wildman–Crippen LogP) is 1.22. The number of nitrogens with one attached hydrogen (secondary N) is 1. The fraction of sp³-hybridized carbons (Fsp3) is 0.533. The van der Waals surface area contributed by atoms with E-state index in [0.717, 1.165) is 18.4 Å². The van der Waals surface area contributed by atoms with Gasteiger partial charge in [0.1, 0.15) is 0 Å². The molecule has 19 heavy (non-hydrogen) atoms. The van der Waals surface area contributed by atoms with Crippen LogP contribution in [0.25, 0.3) is 0 Å². The standard InChI is InChI=1S/C15H24N2O2/c1-2-3-9-14(16)15(19)17-13(11-18)10-12-7-5-4-6-8-12/h4-8,13-14,18H,2-3,9-11,16H2,1H3,(H,17,19)/t13?,14-/m0/s1. The molecule has 0 spiro atoms. The van der Waals surface area contributed by atoms with Crippen LogP contribution in [-0.2, 0) is 11.2 Å². The summed E-state index contributed by atoms with van der Waals surface area (Å²) in [5.41, 5.74) is 6.89. The number of hydrogen-bond acceptors (Lipinski definition) is 3. The highest BCUT2D eigenvalue weighted by molar-refractivity contribution is 5.81. The van der Waals surface area contributed by atoms with Crippen molar-refractivity contribution < 1.29 is 9.90 Å². The molecular formula is C15H24N2O2. The Hall–Kier alpha value is -1.39. The first kappa shape index (κ1) is 15.7. The molecule has 4 N–H and O–H groups in total. The van der Waals surface area contributed by atoms with Crippen LogP contribution in [0.15, 0.2) is 30.3 Å². The van der Waals surface area contributed by atoms with Gasteiger partial charge in [0.2, 0.25) is 5.91 Å². The number of benzene rings is 1.